The van der Waals surface area contributed by atoms with Crippen molar-refractivity contribution in [2.45, 2.75) is 32.1 Å². The number of hydrogen-bond acceptors (Lipinski definition) is 4. The van der Waals surface area contributed by atoms with Gasteiger partial charge in [0.2, 0.25) is 0 Å². The average Bonchev–Trinajstić information content (AvgIpc) is 2.30. The Balaban J connectivity index is 1.78. The van der Waals surface area contributed by atoms with Gasteiger partial charge in [-0.05, 0) is 25.2 Å². The smallest absolute Gasteiger partial charge is 0.253 e. The normalized spacial score (nSPS) is 23.9. The highest BCUT2D eigenvalue weighted by Gasteiger charge is 2.28. The van der Waals surface area contributed by atoms with Crippen molar-refractivity contribution >= 4 is 11.8 Å². The zero-order valence-corrected chi connectivity index (χ0v) is 9.31. The fraction of sp³-hybridized carbons (Fsp3) is 0.818. The summed E-state index contributed by atoms with van der Waals surface area (Å²) in [5, 5.41) is 0.957. The Bertz CT molecular complexity index is 257. The number of hydroxylamine groups is 2. The third-order valence-corrected chi connectivity index (χ3v) is 3.01. The second kappa shape index (κ2) is 5.41. The monoisotopic (exact) mass is 227 g/mol. The van der Waals surface area contributed by atoms with E-state index in [4.69, 9.17) is 9.57 Å². The topological polar surface area (TPSA) is 55.8 Å². The molecule has 0 aromatic heterocycles. The van der Waals surface area contributed by atoms with E-state index in [-0.39, 0.29) is 11.8 Å². The fourth-order valence-corrected chi connectivity index (χ4v) is 1.97. The van der Waals surface area contributed by atoms with Gasteiger partial charge in [-0.2, -0.15) is 5.06 Å². The van der Waals surface area contributed by atoms with E-state index in [0.717, 1.165) is 31.1 Å². The van der Waals surface area contributed by atoms with Crippen molar-refractivity contribution in [2.75, 3.05) is 19.8 Å². The number of ether oxygens (including phenoxy) is 1. The van der Waals surface area contributed by atoms with Crippen LogP contribution in [0.1, 0.15) is 32.1 Å². The van der Waals surface area contributed by atoms with Crippen LogP contribution < -0.4 is 0 Å². The summed E-state index contributed by atoms with van der Waals surface area (Å²) in [4.78, 5) is 28.2. The first-order valence-corrected chi connectivity index (χ1v) is 5.84. The molecule has 90 valence electrons. The molecular weight excluding hydrogens is 210 g/mol. The molecule has 5 nitrogen and oxygen atoms in total. The second-order valence-corrected chi connectivity index (χ2v) is 4.29. The summed E-state index contributed by atoms with van der Waals surface area (Å²) in [6, 6.07) is 0. The average molecular weight is 227 g/mol. The number of nitrogens with zero attached hydrogens (tertiary/aromatic N) is 1. The molecule has 2 saturated heterocycles. The summed E-state index contributed by atoms with van der Waals surface area (Å²) in [5.41, 5.74) is 0. The molecule has 2 rings (SSSR count). The SMILES string of the molecule is O=C1CCCC(=O)N1OCC1CCOCC1. The molecule has 0 aromatic carbocycles. The van der Waals surface area contributed by atoms with Crippen LogP contribution in [0, 0.1) is 5.92 Å². The molecule has 2 aliphatic heterocycles. The number of piperidine rings is 1. The van der Waals surface area contributed by atoms with Crippen molar-refractivity contribution in [3.05, 3.63) is 0 Å². The van der Waals surface area contributed by atoms with Gasteiger partial charge in [0, 0.05) is 26.1 Å². The van der Waals surface area contributed by atoms with E-state index in [1.54, 1.807) is 0 Å². The van der Waals surface area contributed by atoms with Crippen LogP contribution in [0.5, 0.6) is 0 Å². The lowest BCUT2D eigenvalue weighted by Crippen LogP contribution is -2.41. The first kappa shape index (κ1) is 11.5. The minimum absolute atomic E-state index is 0.205. The van der Waals surface area contributed by atoms with Crippen LogP contribution in [-0.2, 0) is 19.2 Å². The molecular formula is C11H17NO4. The van der Waals surface area contributed by atoms with Gasteiger partial charge in [0.25, 0.3) is 11.8 Å². The van der Waals surface area contributed by atoms with E-state index in [0.29, 0.717) is 31.8 Å². The molecule has 5 heteroatoms. The molecule has 2 fully saturated rings. The van der Waals surface area contributed by atoms with Gasteiger partial charge in [0.1, 0.15) is 0 Å². The van der Waals surface area contributed by atoms with E-state index in [2.05, 4.69) is 0 Å². The molecule has 0 radical (unpaired) electrons. The van der Waals surface area contributed by atoms with Gasteiger partial charge in [-0.25, -0.2) is 0 Å². The van der Waals surface area contributed by atoms with Crippen LogP contribution in [0.25, 0.3) is 0 Å². The standard InChI is InChI=1S/C11H17NO4/c13-10-2-1-3-11(14)12(10)16-8-9-4-6-15-7-5-9/h9H,1-8H2. The highest BCUT2D eigenvalue weighted by molar-refractivity contribution is 5.96. The molecule has 16 heavy (non-hydrogen) atoms. The Hall–Kier alpha value is -0.940. The van der Waals surface area contributed by atoms with Gasteiger partial charge < -0.3 is 4.74 Å². The van der Waals surface area contributed by atoms with Gasteiger partial charge in [0.05, 0.1) is 6.61 Å². The molecule has 0 aliphatic carbocycles. The Labute approximate surface area is 94.6 Å². The Morgan fingerprint density at radius 1 is 1.19 bits per heavy atom. The number of carbonyl (C=O) groups is 2. The fourth-order valence-electron chi connectivity index (χ4n) is 1.97. The number of rotatable bonds is 3. The first-order valence-electron chi connectivity index (χ1n) is 5.84. The summed E-state index contributed by atoms with van der Waals surface area (Å²) in [5.74, 6) is -0.0112. The van der Waals surface area contributed by atoms with Crippen LogP contribution in [0.2, 0.25) is 0 Å². The zero-order valence-electron chi connectivity index (χ0n) is 9.31. The Kier molecular flexibility index (Phi) is 3.90. The Morgan fingerprint density at radius 2 is 1.81 bits per heavy atom. The van der Waals surface area contributed by atoms with Crippen molar-refractivity contribution in [2.24, 2.45) is 5.92 Å². The van der Waals surface area contributed by atoms with Crippen LogP contribution in [0.3, 0.4) is 0 Å². The first-order chi connectivity index (χ1) is 7.77. The van der Waals surface area contributed by atoms with Gasteiger partial charge in [-0.3, -0.25) is 14.4 Å². The molecule has 2 aliphatic rings. The minimum atomic E-state index is -0.205. The van der Waals surface area contributed by atoms with Gasteiger partial charge >= 0.3 is 0 Å². The highest BCUT2D eigenvalue weighted by Crippen LogP contribution is 2.18. The molecule has 2 amide bonds. The van der Waals surface area contributed by atoms with Gasteiger partial charge in [0.15, 0.2) is 0 Å². The predicted octanol–water partition coefficient (Wildman–Crippen LogP) is 0.884. The highest BCUT2D eigenvalue weighted by atomic mass is 16.7. The third kappa shape index (κ3) is 2.80. The molecule has 0 aromatic rings. The van der Waals surface area contributed by atoms with Crippen molar-refractivity contribution in [3.63, 3.8) is 0 Å². The van der Waals surface area contributed by atoms with Crippen LogP contribution in [0.15, 0.2) is 0 Å². The molecule has 0 bridgehead atoms. The van der Waals surface area contributed by atoms with Crippen molar-refractivity contribution in [1.29, 1.82) is 0 Å². The van der Waals surface area contributed by atoms with Crippen LogP contribution >= 0.6 is 0 Å². The summed E-state index contributed by atoms with van der Waals surface area (Å²) in [7, 11) is 0. The predicted molar refractivity (Wildman–Crippen MR) is 55.2 cm³/mol. The summed E-state index contributed by atoms with van der Waals surface area (Å²) < 4.78 is 5.23. The molecule has 0 spiro atoms. The molecule has 0 atom stereocenters. The number of imide groups is 1. The van der Waals surface area contributed by atoms with Gasteiger partial charge in [-0.1, -0.05) is 0 Å². The van der Waals surface area contributed by atoms with E-state index in [1.165, 1.54) is 0 Å². The summed E-state index contributed by atoms with van der Waals surface area (Å²) >= 11 is 0. The van der Waals surface area contributed by atoms with Gasteiger partial charge in [-0.15, -0.1) is 0 Å². The van der Waals surface area contributed by atoms with Crippen molar-refractivity contribution < 1.29 is 19.2 Å². The molecule has 0 N–H and O–H groups in total. The van der Waals surface area contributed by atoms with Crippen molar-refractivity contribution in [3.8, 4) is 0 Å². The maximum absolute atomic E-state index is 11.4. The quantitative estimate of drug-likeness (QED) is 0.672. The largest absolute Gasteiger partial charge is 0.381 e. The van der Waals surface area contributed by atoms with E-state index in [9.17, 15) is 9.59 Å². The van der Waals surface area contributed by atoms with E-state index >= 15 is 0 Å². The van der Waals surface area contributed by atoms with Crippen molar-refractivity contribution in [1.82, 2.24) is 5.06 Å². The lowest BCUT2D eigenvalue weighted by molar-refractivity contribution is -0.203. The lowest BCUT2D eigenvalue weighted by Gasteiger charge is -2.27. The van der Waals surface area contributed by atoms with E-state index < -0.39 is 0 Å². The minimum Gasteiger partial charge on any atom is -0.381 e. The lowest BCUT2D eigenvalue weighted by atomic mass is 10.0. The number of hydrogen-bond donors (Lipinski definition) is 0. The van der Waals surface area contributed by atoms with Crippen LogP contribution in [-0.4, -0.2) is 36.7 Å². The zero-order chi connectivity index (χ0) is 11.4. The van der Waals surface area contributed by atoms with Crippen LogP contribution in [0.4, 0.5) is 0 Å². The molecule has 0 saturated carbocycles. The number of amides is 2. The Morgan fingerprint density at radius 3 is 2.44 bits per heavy atom. The summed E-state index contributed by atoms with van der Waals surface area (Å²) in [6.45, 7) is 1.94. The molecule has 2 heterocycles. The number of carbonyl (C=O) groups excluding carboxylic acids is 2. The summed E-state index contributed by atoms with van der Waals surface area (Å²) in [6.07, 6.45) is 3.36. The maximum Gasteiger partial charge on any atom is 0.253 e. The second-order valence-electron chi connectivity index (χ2n) is 4.29. The maximum atomic E-state index is 11.4. The molecule has 0 unspecified atom stereocenters. The van der Waals surface area contributed by atoms with E-state index in [1.807, 2.05) is 0 Å². The third-order valence-electron chi connectivity index (χ3n) is 3.01.